The third kappa shape index (κ3) is 3.33. The van der Waals surface area contributed by atoms with Crippen LogP contribution in [0.4, 0.5) is 11.4 Å². The van der Waals surface area contributed by atoms with Crippen LogP contribution < -0.4 is 10.2 Å². The highest BCUT2D eigenvalue weighted by Crippen LogP contribution is 2.29. The van der Waals surface area contributed by atoms with Crippen molar-refractivity contribution in [2.24, 2.45) is 0 Å². The Hall–Kier alpha value is -1.51. The fourth-order valence-corrected chi connectivity index (χ4v) is 2.61. The van der Waals surface area contributed by atoms with Gasteiger partial charge in [0, 0.05) is 30.0 Å². The summed E-state index contributed by atoms with van der Waals surface area (Å²) in [6, 6.07) is 12.8. The minimum atomic E-state index is 0.784. The molecular weight excluding hydrogens is 268 g/mol. The van der Waals surface area contributed by atoms with Gasteiger partial charge < -0.3 is 10.2 Å². The van der Waals surface area contributed by atoms with Gasteiger partial charge in [0.2, 0.25) is 0 Å². The molecule has 0 unspecified atom stereocenters. The average molecular weight is 289 g/mol. The molecule has 0 heterocycles. The Morgan fingerprint density at radius 3 is 2.20 bits per heavy atom. The standard InChI is InChI=1S/C17H21ClN2/c1-12-7-13(2)9-16(8-12)20(4)15-6-5-14(11-19-3)17(18)10-15/h5-10,19H,11H2,1-4H3. The molecule has 0 atom stereocenters. The molecule has 0 saturated heterocycles. The first-order chi connectivity index (χ1) is 9.51. The van der Waals surface area contributed by atoms with Crippen molar-refractivity contribution < 1.29 is 0 Å². The third-order valence-electron chi connectivity index (χ3n) is 3.38. The van der Waals surface area contributed by atoms with Gasteiger partial charge in [0.15, 0.2) is 0 Å². The molecule has 0 aliphatic carbocycles. The molecule has 0 bridgehead atoms. The van der Waals surface area contributed by atoms with Gasteiger partial charge in [-0.2, -0.15) is 0 Å². The molecule has 0 aliphatic heterocycles. The summed E-state index contributed by atoms with van der Waals surface area (Å²) in [4.78, 5) is 2.16. The lowest BCUT2D eigenvalue weighted by Gasteiger charge is -2.21. The van der Waals surface area contributed by atoms with Gasteiger partial charge in [-0.05, 0) is 61.9 Å². The van der Waals surface area contributed by atoms with E-state index in [1.54, 1.807) is 0 Å². The van der Waals surface area contributed by atoms with E-state index in [1.807, 2.05) is 13.1 Å². The minimum absolute atomic E-state index is 0.784. The molecule has 2 nitrogen and oxygen atoms in total. The van der Waals surface area contributed by atoms with Crippen LogP contribution in [-0.4, -0.2) is 14.1 Å². The van der Waals surface area contributed by atoms with Crippen molar-refractivity contribution in [2.75, 3.05) is 19.0 Å². The highest BCUT2D eigenvalue weighted by atomic mass is 35.5. The molecule has 106 valence electrons. The zero-order valence-corrected chi connectivity index (χ0v) is 13.3. The molecular formula is C17H21ClN2. The van der Waals surface area contributed by atoms with Gasteiger partial charge in [-0.3, -0.25) is 0 Å². The van der Waals surface area contributed by atoms with Crippen LogP contribution in [0.15, 0.2) is 36.4 Å². The van der Waals surface area contributed by atoms with Gasteiger partial charge in [0.25, 0.3) is 0 Å². The number of nitrogens with one attached hydrogen (secondary N) is 1. The van der Waals surface area contributed by atoms with Crippen molar-refractivity contribution in [3.8, 4) is 0 Å². The molecule has 0 fully saturated rings. The Kier molecular flexibility index (Phi) is 4.69. The van der Waals surface area contributed by atoms with Gasteiger partial charge in [-0.25, -0.2) is 0 Å². The van der Waals surface area contributed by atoms with E-state index >= 15 is 0 Å². The highest BCUT2D eigenvalue weighted by molar-refractivity contribution is 6.31. The summed E-state index contributed by atoms with van der Waals surface area (Å²) in [5.74, 6) is 0. The minimum Gasteiger partial charge on any atom is -0.345 e. The van der Waals surface area contributed by atoms with Gasteiger partial charge in [-0.15, -0.1) is 0 Å². The first-order valence-electron chi connectivity index (χ1n) is 6.76. The molecule has 3 heteroatoms. The highest BCUT2D eigenvalue weighted by Gasteiger charge is 2.08. The second kappa shape index (κ2) is 6.29. The lowest BCUT2D eigenvalue weighted by molar-refractivity contribution is 0.818. The third-order valence-corrected chi connectivity index (χ3v) is 3.74. The Bertz CT molecular complexity index is 588. The molecule has 2 aromatic rings. The zero-order valence-electron chi connectivity index (χ0n) is 12.5. The Morgan fingerprint density at radius 2 is 1.65 bits per heavy atom. The fourth-order valence-electron chi connectivity index (χ4n) is 2.37. The smallest absolute Gasteiger partial charge is 0.0471 e. The SMILES string of the molecule is CNCc1ccc(N(C)c2cc(C)cc(C)c2)cc1Cl. The predicted octanol–water partition coefficient (Wildman–Crippen LogP) is 4.44. The maximum atomic E-state index is 6.34. The number of hydrogen-bond acceptors (Lipinski definition) is 2. The molecule has 2 rings (SSSR count). The fraction of sp³-hybridized carbons (Fsp3) is 0.294. The Balaban J connectivity index is 2.33. The van der Waals surface area contributed by atoms with E-state index in [1.165, 1.54) is 16.8 Å². The number of benzene rings is 2. The number of anilines is 2. The predicted molar refractivity (Wildman–Crippen MR) is 88.2 cm³/mol. The summed E-state index contributed by atoms with van der Waals surface area (Å²) in [5.41, 5.74) is 5.93. The molecule has 0 aliphatic rings. The van der Waals surface area contributed by atoms with Crippen molar-refractivity contribution in [2.45, 2.75) is 20.4 Å². The Morgan fingerprint density at radius 1 is 1.00 bits per heavy atom. The summed E-state index contributed by atoms with van der Waals surface area (Å²) >= 11 is 6.34. The first kappa shape index (κ1) is 14.9. The molecule has 0 aromatic heterocycles. The number of halogens is 1. The van der Waals surface area contributed by atoms with Crippen LogP contribution >= 0.6 is 11.6 Å². The second-order valence-corrected chi connectivity index (χ2v) is 5.62. The number of hydrogen-bond donors (Lipinski definition) is 1. The van der Waals surface area contributed by atoms with Crippen molar-refractivity contribution in [1.29, 1.82) is 0 Å². The Labute approximate surface area is 126 Å². The van der Waals surface area contributed by atoms with E-state index in [2.05, 4.69) is 61.4 Å². The van der Waals surface area contributed by atoms with Gasteiger partial charge in [0.05, 0.1) is 0 Å². The largest absolute Gasteiger partial charge is 0.345 e. The van der Waals surface area contributed by atoms with Crippen molar-refractivity contribution in [3.63, 3.8) is 0 Å². The van der Waals surface area contributed by atoms with E-state index in [9.17, 15) is 0 Å². The van der Waals surface area contributed by atoms with Gasteiger partial charge >= 0.3 is 0 Å². The molecule has 0 amide bonds. The van der Waals surface area contributed by atoms with Crippen LogP contribution in [0.3, 0.4) is 0 Å². The van der Waals surface area contributed by atoms with Crippen molar-refractivity contribution in [1.82, 2.24) is 5.32 Å². The van der Waals surface area contributed by atoms with E-state index < -0.39 is 0 Å². The lowest BCUT2D eigenvalue weighted by atomic mass is 10.1. The van der Waals surface area contributed by atoms with Crippen LogP contribution in [-0.2, 0) is 6.54 Å². The summed E-state index contributed by atoms with van der Waals surface area (Å²) in [5, 5.41) is 3.92. The van der Waals surface area contributed by atoms with Crippen LogP contribution in [0.2, 0.25) is 5.02 Å². The molecule has 0 spiro atoms. The summed E-state index contributed by atoms with van der Waals surface area (Å²) in [6.07, 6.45) is 0. The molecule has 0 saturated carbocycles. The summed E-state index contributed by atoms with van der Waals surface area (Å²) < 4.78 is 0. The van der Waals surface area contributed by atoms with Gasteiger partial charge in [-0.1, -0.05) is 23.7 Å². The van der Waals surface area contributed by atoms with Crippen molar-refractivity contribution >= 4 is 23.0 Å². The van der Waals surface area contributed by atoms with E-state index in [-0.39, 0.29) is 0 Å². The molecule has 20 heavy (non-hydrogen) atoms. The number of rotatable bonds is 4. The van der Waals surface area contributed by atoms with Crippen LogP contribution in [0, 0.1) is 13.8 Å². The van der Waals surface area contributed by atoms with Crippen LogP contribution in [0.5, 0.6) is 0 Å². The van der Waals surface area contributed by atoms with Gasteiger partial charge in [0.1, 0.15) is 0 Å². The number of nitrogens with zero attached hydrogens (tertiary/aromatic N) is 1. The molecule has 0 radical (unpaired) electrons. The lowest BCUT2D eigenvalue weighted by Crippen LogP contribution is -2.11. The summed E-state index contributed by atoms with van der Waals surface area (Å²) in [7, 11) is 3.99. The average Bonchev–Trinajstić information content (AvgIpc) is 2.39. The van der Waals surface area contributed by atoms with E-state index in [4.69, 9.17) is 11.6 Å². The first-order valence-corrected chi connectivity index (χ1v) is 7.14. The molecule has 1 N–H and O–H groups in total. The normalized spacial score (nSPS) is 10.7. The van der Waals surface area contributed by atoms with E-state index in [0.29, 0.717) is 0 Å². The molecule has 2 aromatic carbocycles. The topological polar surface area (TPSA) is 15.3 Å². The van der Waals surface area contributed by atoms with E-state index in [0.717, 1.165) is 22.8 Å². The maximum absolute atomic E-state index is 6.34. The summed E-state index contributed by atoms with van der Waals surface area (Å²) in [6.45, 7) is 5.02. The quantitative estimate of drug-likeness (QED) is 0.894. The second-order valence-electron chi connectivity index (χ2n) is 5.21. The van der Waals surface area contributed by atoms with Crippen LogP contribution in [0.25, 0.3) is 0 Å². The number of aryl methyl sites for hydroxylation is 2. The van der Waals surface area contributed by atoms with Crippen molar-refractivity contribution in [3.05, 3.63) is 58.1 Å². The monoisotopic (exact) mass is 288 g/mol. The van der Waals surface area contributed by atoms with Crippen LogP contribution in [0.1, 0.15) is 16.7 Å². The zero-order chi connectivity index (χ0) is 14.7. The maximum Gasteiger partial charge on any atom is 0.0471 e.